The molecular weight excluding hydrogens is 480 g/mol. The molecule has 0 aromatic heterocycles. The minimum Gasteiger partial charge on any atom is -0.458 e. The summed E-state index contributed by atoms with van der Waals surface area (Å²) in [6, 6.07) is 0. The number of cyclic esters (lactones) is 1. The van der Waals surface area contributed by atoms with E-state index < -0.39 is 36.5 Å². The van der Waals surface area contributed by atoms with Gasteiger partial charge in [0.15, 0.2) is 0 Å². The summed E-state index contributed by atoms with van der Waals surface area (Å²) >= 11 is 0. The van der Waals surface area contributed by atoms with Crippen LogP contribution in [0.1, 0.15) is 67.2 Å². The minimum absolute atomic E-state index is 0.0366. The van der Waals surface area contributed by atoms with Crippen molar-refractivity contribution in [1.29, 1.82) is 0 Å². The van der Waals surface area contributed by atoms with Crippen LogP contribution in [-0.4, -0.2) is 56.9 Å². The molecule has 1 rings (SSSR count). The van der Waals surface area contributed by atoms with Crippen LogP contribution >= 0.6 is 0 Å². The van der Waals surface area contributed by atoms with Gasteiger partial charge in [-0.05, 0) is 31.1 Å². The monoisotopic (exact) mass is 532 g/mol. The van der Waals surface area contributed by atoms with E-state index in [4.69, 9.17) is 4.74 Å². The Hall–Kier alpha value is -1.99. The van der Waals surface area contributed by atoms with Crippen LogP contribution in [-0.2, 0) is 9.53 Å². The molecule has 0 unspecified atom stereocenters. The second-order valence-electron chi connectivity index (χ2n) is 11.4. The van der Waals surface area contributed by atoms with Gasteiger partial charge in [0.2, 0.25) is 0 Å². The number of rotatable bonds is 3. The maximum absolute atomic E-state index is 12.6. The summed E-state index contributed by atoms with van der Waals surface area (Å²) in [4.78, 5) is 12.6. The van der Waals surface area contributed by atoms with Crippen molar-refractivity contribution in [2.75, 3.05) is 0 Å². The van der Waals surface area contributed by atoms with E-state index in [2.05, 4.69) is 13.5 Å². The van der Waals surface area contributed by atoms with E-state index in [0.29, 0.717) is 6.42 Å². The fraction of sp³-hybridized carbons (Fsp3) is 0.656. The first-order valence-corrected chi connectivity index (χ1v) is 14.1. The number of hydrogen-bond donors (Lipinski definition) is 4. The van der Waals surface area contributed by atoms with E-state index in [1.165, 1.54) is 6.08 Å². The van der Waals surface area contributed by atoms with E-state index in [9.17, 15) is 25.2 Å². The van der Waals surface area contributed by atoms with Crippen molar-refractivity contribution in [3.8, 4) is 0 Å². The van der Waals surface area contributed by atoms with Crippen molar-refractivity contribution < 1.29 is 30.0 Å². The fourth-order valence-corrected chi connectivity index (χ4v) is 5.04. The Balaban J connectivity index is 3.17. The van der Waals surface area contributed by atoms with Crippen molar-refractivity contribution in [1.82, 2.24) is 0 Å². The molecule has 0 spiro atoms. The van der Waals surface area contributed by atoms with Crippen LogP contribution in [0.3, 0.4) is 0 Å². The van der Waals surface area contributed by atoms with Gasteiger partial charge in [-0.15, -0.1) is 0 Å². The third-order valence-electron chi connectivity index (χ3n) is 7.78. The fourth-order valence-electron chi connectivity index (χ4n) is 5.04. The minimum atomic E-state index is -0.828. The van der Waals surface area contributed by atoms with Gasteiger partial charge >= 0.3 is 5.97 Å². The molecule has 0 saturated heterocycles. The summed E-state index contributed by atoms with van der Waals surface area (Å²) in [7, 11) is 0. The van der Waals surface area contributed by atoms with Crippen LogP contribution in [0.15, 0.2) is 61.3 Å². The van der Waals surface area contributed by atoms with E-state index >= 15 is 0 Å². The normalized spacial score (nSPS) is 40.7. The van der Waals surface area contributed by atoms with Gasteiger partial charge in [-0.25, -0.2) is 4.79 Å². The van der Waals surface area contributed by atoms with Gasteiger partial charge in [0, 0.05) is 36.2 Å². The average Bonchev–Trinajstić information content (AvgIpc) is 2.88. The van der Waals surface area contributed by atoms with Crippen molar-refractivity contribution in [3.63, 3.8) is 0 Å². The van der Waals surface area contributed by atoms with Crippen molar-refractivity contribution in [2.24, 2.45) is 35.5 Å². The molecule has 1 aliphatic heterocycles. The number of allylic oxidation sites excluding steroid dienone is 4. The molecular formula is C32H52O6. The zero-order chi connectivity index (χ0) is 28.8. The quantitative estimate of drug-likeness (QED) is 0.228. The van der Waals surface area contributed by atoms with Gasteiger partial charge in [-0.2, -0.15) is 0 Å². The lowest BCUT2D eigenvalue weighted by Gasteiger charge is -2.31. The summed E-state index contributed by atoms with van der Waals surface area (Å²) < 4.78 is 5.81. The number of esters is 1. The summed E-state index contributed by atoms with van der Waals surface area (Å²) in [6.45, 7) is 15.5. The topological polar surface area (TPSA) is 107 Å². The maximum atomic E-state index is 12.6. The van der Waals surface area contributed by atoms with Crippen LogP contribution in [0.25, 0.3) is 0 Å². The van der Waals surface area contributed by atoms with Crippen LogP contribution in [0.5, 0.6) is 0 Å². The van der Waals surface area contributed by atoms with Crippen molar-refractivity contribution >= 4 is 5.97 Å². The predicted octanol–water partition coefficient (Wildman–Crippen LogP) is 5.14. The summed E-state index contributed by atoms with van der Waals surface area (Å²) in [6.07, 6.45) is 14.2. The third-order valence-corrected chi connectivity index (χ3v) is 7.78. The van der Waals surface area contributed by atoms with Crippen LogP contribution in [0, 0.1) is 35.5 Å². The number of ether oxygens (including phenoxy) is 1. The summed E-state index contributed by atoms with van der Waals surface area (Å²) in [5.41, 5.74) is 0. The van der Waals surface area contributed by atoms with E-state index in [1.807, 2.05) is 52.8 Å². The smallest absolute Gasteiger partial charge is 0.331 e. The van der Waals surface area contributed by atoms with Crippen molar-refractivity contribution in [2.45, 2.75) is 97.7 Å². The highest BCUT2D eigenvalue weighted by Gasteiger charge is 2.31. The molecule has 0 fully saturated rings. The first-order valence-electron chi connectivity index (χ1n) is 14.1. The lowest BCUT2D eigenvalue weighted by molar-refractivity contribution is -0.150. The largest absolute Gasteiger partial charge is 0.458 e. The van der Waals surface area contributed by atoms with Gasteiger partial charge in [0.1, 0.15) is 6.10 Å². The molecule has 0 amide bonds. The molecule has 6 nitrogen and oxygen atoms in total. The Morgan fingerprint density at radius 3 is 2.26 bits per heavy atom. The zero-order valence-corrected chi connectivity index (χ0v) is 24.2. The standard InChI is InChI=1S/C32H52O6/c1-8-9-12-24(5)32-26(7)28(34)18-15-21(2)19-25(6)31(37)23(4)16-17-27(33)20-29(35)22(3)13-10-11-14-30(36)38-32/h8-14,16-17,21-29,31-35,37H,1,15,18-20H2,2-7H3/b12-9-,13-10+,14-11+,17-16-/t21-,22-,23-,24-,25+,26+,27+,28+,29-,31-,32-/m0/s1. The van der Waals surface area contributed by atoms with Gasteiger partial charge in [-0.3, -0.25) is 0 Å². The van der Waals surface area contributed by atoms with E-state index in [-0.39, 0.29) is 41.9 Å². The Morgan fingerprint density at radius 1 is 0.921 bits per heavy atom. The number of aliphatic hydroxyl groups is 4. The second kappa shape index (κ2) is 17.6. The molecule has 216 valence electrons. The van der Waals surface area contributed by atoms with Gasteiger partial charge in [0.05, 0.1) is 24.4 Å². The highest BCUT2D eigenvalue weighted by Crippen LogP contribution is 2.28. The molecule has 0 aromatic rings. The Bertz CT molecular complexity index is 815. The molecule has 0 saturated carbocycles. The Labute approximate surface area is 230 Å². The summed E-state index contributed by atoms with van der Waals surface area (Å²) in [5.74, 6) is -0.976. The second-order valence-corrected chi connectivity index (χ2v) is 11.4. The van der Waals surface area contributed by atoms with E-state index in [1.54, 1.807) is 30.4 Å². The lowest BCUT2D eigenvalue weighted by Crippen LogP contribution is -2.37. The number of carbonyl (C=O) groups excluding carboxylic acids is 1. The first-order chi connectivity index (χ1) is 17.9. The third kappa shape index (κ3) is 12.2. The maximum Gasteiger partial charge on any atom is 0.331 e. The molecule has 4 N–H and O–H groups in total. The lowest BCUT2D eigenvalue weighted by atomic mass is 9.82. The highest BCUT2D eigenvalue weighted by atomic mass is 16.5. The zero-order valence-electron chi connectivity index (χ0n) is 24.2. The van der Waals surface area contributed by atoms with Crippen molar-refractivity contribution in [3.05, 3.63) is 61.3 Å². The molecule has 1 aliphatic rings. The SMILES string of the molecule is C=C/C=C\[C@H](C)[C@@H]1OC(=O)/C=C/C=C/[C@H](C)[C@@H](O)C[C@H](O)/C=C\[C@H](C)[C@H](O)[C@H](C)C[C@@H](C)CC[C@@H](O)[C@H]1C. The summed E-state index contributed by atoms with van der Waals surface area (Å²) in [5, 5.41) is 42.7. The molecule has 11 atom stereocenters. The molecule has 0 aromatic carbocycles. The number of hydrogen-bond acceptors (Lipinski definition) is 6. The highest BCUT2D eigenvalue weighted by molar-refractivity contribution is 5.82. The Kier molecular flexibility index (Phi) is 15.7. The molecule has 6 heteroatoms. The molecule has 0 aliphatic carbocycles. The van der Waals surface area contributed by atoms with Crippen LogP contribution < -0.4 is 0 Å². The van der Waals surface area contributed by atoms with Gasteiger partial charge < -0.3 is 25.2 Å². The van der Waals surface area contributed by atoms with Crippen LogP contribution in [0.4, 0.5) is 0 Å². The van der Waals surface area contributed by atoms with Crippen LogP contribution in [0.2, 0.25) is 0 Å². The number of aliphatic hydroxyl groups excluding tert-OH is 4. The van der Waals surface area contributed by atoms with Gasteiger partial charge in [0.25, 0.3) is 0 Å². The molecule has 0 radical (unpaired) electrons. The van der Waals surface area contributed by atoms with E-state index in [0.717, 1.165) is 12.8 Å². The molecule has 38 heavy (non-hydrogen) atoms. The Morgan fingerprint density at radius 2 is 1.61 bits per heavy atom. The predicted molar refractivity (Wildman–Crippen MR) is 154 cm³/mol. The number of carbonyl (C=O) groups is 1. The van der Waals surface area contributed by atoms with Gasteiger partial charge in [-0.1, -0.05) is 96.7 Å². The average molecular weight is 533 g/mol. The molecule has 1 heterocycles. The molecule has 0 bridgehead atoms. The first kappa shape index (κ1) is 34.0.